The predicted molar refractivity (Wildman–Crippen MR) is 83.2 cm³/mol. The highest BCUT2D eigenvalue weighted by atomic mass is 16.7. The van der Waals surface area contributed by atoms with Gasteiger partial charge in [0.25, 0.3) is 0 Å². The zero-order chi connectivity index (χ0) is 15.8. The Morgan fingerprint density at radius 3 is 2.59 bits per heavy atom. The lowest BCUT2D eigenvalue weighted by molar-refractivity contribution is 0.0451. The highest BCUT2D eigenvalue weighted by Crippen LogP contribution is 2.41. The Hall–Kier alpha value is -1.30. The van der Waals surface area contributed by atoms with Crippen LogP contribution in [0.4, 0.5) is 0 Å². The van der Waals surface area contributed by atoms with E-state index >= 15 is 0 Å². The zero-order valence-corrected chi connectivity index (χ0v) is 13.4. The van der Waals surface area contributed by atoms with Gasteiger partial charge in [-0.3, -0.25) is 0 Å². The minimum atomic E-state index is 0.205. The van der Waals surface area contributed by atoms with Gasteiger partial charge in [0.05, 0.1) is 0 Å². The molecule has 0 aromatic heterocycles. The lowest BCUT2D eigenvalue weighted by atomic mass is 9.78. The molecule has 1 aromatic carbocycles. The summed E-state index contributed by atoms with van der Waals surface area (Å²) in [7, 11) is 3.20. The molecule has 22 heavy (non-hydrogen) atoms. The van der Waals surface area contributed by atoms with Gasteiger partial charge in [-0.1, -0.05) is 12.5 Å². The monoisotopic (exact) mass is 310 g/mol. The SMILES string of the molecule is COCOc1ccc(C2CCCC(CO)C2)c(OCOC)c1. The highest BCUT2D eigenvalue weighted by molar-refractivity contribution is 5.43. The van der Waals surface area contributed by atoms with Crippen molar-refractivity contribution < 1.29 is 24.1 Å². The summed E-state index contributed by atoms with van der Waals surface area (Å²) in [5, 5.41) is 9.42. The number of rotatable bonds is 8. The average molecular weight is 310 g/mol. The molecule has 0 aliphatic heterocycles. The van der Waals surface area contributed by atoms with E-state index in [9.17, 15) is 5.11 Å². The summed E-state index contributed by atoms with van der Waals surface area (Å²) in [5.74, 6) is 2.30. The molecule has 1 fully saturated rings. The molecular weight excluding hydrogens is 284 g/mol. The molecular formula is C17H26O5. The molecule has 0 amide bonds. The van der Waals surface area contributed by atoms with Crippen LogP contribution < -0.4 is 9.47 Å². The topological polar surface area (TPSA) is 57.2 Å². The second kappa shape index (κ2) is 8.98. The summed E-state index contributed by atoms with van der Waals surface area (Å²) >= 11 is 0. The Balaban J connectivity index is 2.16. The molecule has 124 valence electrons. The Labute approximate surface area is 132 Å². The van der Waals surface area contributed by atoms with Crippen molar-refractivity contribution in [3.05, 3.63) is 23.8 Å². The summed E-state index contributed by atoms with van der Waals surface area (Å²) in [6.07, 6.45) is 4.37. The molecule has 2 rings (SSSR count). The van der Waals surface area contributed by atoms with Gasteiger partial charge in [-0.25, -0.2) is 0 Å². The summed E-state index contributed by atoms with van der Waals surface area (Å²) < 4.78 is 21.2. The predicted octanol–water partition coefficient (Wildman–Crippen LogP) is 2.92. The van der Waals surface area contributed by atoms with Crippen molar-refractivity contribution in [3.63, 3.8) is 0 Å². The third-order valence-electron chi connectivity index (χ3n) is 4.14. The van der Waals surface area contributed by atoms with Crippen LogP contribution >= 0.6 is 0 Å². The maximum absolute atomic E-state index is 9.42. The Morgan fingerprint density at radius 1 is 1.09 bits per heavy atom. The Kier molecular flexibility index (Phi) is 6.96. The summed E-state index contributed by atoms with van der Waals surface area (Å²) in [6.45, 7) is 0.676. The fraction of sp³-hybridized carbons (Fsp3) is 0.647. The van der Waals surface area contributed by atoms with Crippen molar-refractivity contribution in [2.24, 2.45) is 5.92 Å². The Morgan fingerprint density at radius 2 is 1.86 bits per heavy atom. The molecule has 2 atom stereocenters. The smallest absolute Gasteiger partial charge is 0.188 e. The molecule has 1 saturated carbocycles. The lowest BCUT2D eigenvalue weighted by Gasteiger charge is -2.29. The van der Waals surface area contributed by atoms with Crippen molar-refractivity contribution in [3.8, 4) is 11.5 Å². The maximum atomic E-state index is 9.42. The minimum Gasteiger partial charge on any atom is -0.467 e. The standard InChI is InChI=1S/C17H26O5/c1-19-11-21-15-6-7-16(17(9-15)22-12-20-2)14-5-3-4-13(8-14)10-18/h6-7,9,13-14,18H,3-5,8,10-12H2,1-2H3. The number of benzene rings is 1. The molecule has 1 aromatic rings. The van der Waals surface area contributed by atoms with Crippen molar-refractivity contribution in [1.82, 2.24) is 0 Å². The van der Waals surface area contributed by atoms with Gasteiger partial charge in [0, 0.05) is 26.9 Å². The van der Waals surface area contributed by atoms with E-state index in [1.165, 1.54) is 5.56 Å². The summed E-state index contributed by atoms with van der Waals surface area (Å²) in [6, 6.07) is 5.88. The number of hydrogen-bond donors (Lipinski definition) is 1. The second-order valence-electron chi connectivity index (χ2n) is 5.71. The van der Waals surface area contributed by atoms with Gasteiger partial charge < -0.3 is 24.1 Å². The van der Waals surface area contributed by atoms with E-state index in [0.717, 1.165) is 31.4 Å². The van der Waals surface area contributed by atoms with E-state index in [4.69, 9.17) is 18.9 Å². The van der Waals surface area contributed by atoms with E-state index in [0.29, 0.717) is 17.6 Å². The van der Waals surface area contributed by atoms with Crippen LogP contribution in [0, 0.1) is 5.92 Å². The van der Waals surface area contributed by atoms with Crippen molar-refractivity contribution in [1.29, 1.82) is 0 Å². The summed E-state index contributed by atoms with van der Waals surface area (Å²) in [5.41, 5.74) is 1.17. The van der Waals surface area contributed by atoms with Crippen LogP contribution in [0.2, 0.25) is 0 Å². The van der Waals surface area contributed by atoms with Crippen LogP contribution in [0.15, 0.2) is 18.2 Å². The average Bonchev–Trinajstić information content (AvgIpc) is 2.58. The van der Waals surface area contributed by atoms with E-state index in [2.05, 4.69) is 6.07 Å². The number of aliphatic hydroxyl groups is 1. The number of hydrogen-bond acceptors (Lipinski definition) is 5. The largest absolute Gasteiger partial charge is 0.467 e. The molecule has 5 nitrogen and oxygen atoms in total. The fourth-order valence-electron chi connectivity index (χ4n) is 3.06. The molecule has 1 aliphatic rings. The third kappa shape index (κ3) is 4.60. The first-order chi connectivity index (χ1) is 10.8. The van der Waals surface area contributed by atoms with Crippen molar-refractivity contribution in [2.75, 3.05) is 34.4 Å². The van der Waals surface area contributed by atoms with Crippen LogP contribution in [-0.2, 0) is 9.47 Å². The zero-order valence-electron chi connectivity index (χ0n) is 13.4. The molecule has 0 spiro atoms. The molecule has 0 heterocycles. The molecule has 0 saturated heterocycles. The van der Waals surface area contributed by atoms with Crippen molar-refractivity contribution >= 4 is 0 Å². The first kappa shape index (κ1) is 17.1. The Bertz CT molecular complexity index is 449. The minimum absolute atomic E-state index is 0.205. The van der Waals surface area contributed by atoms with Crippen LogP contribution in [0.1, 0.15) is 37.2 Å². The summed E-state index contributed by atoms with van der Waals surface area (Å²) in [4.78, 5) is 0. The molecule has 2 unspecified atom stereocenters. The van der Waals surface area contributed by atoms with Crippen LogP contribution in [0.5, 0.6) is 11.5 Å². The number of aliphatic hydroxyl groups excluding tert-OH is 1. The number of ether oxygens (including phenoxy) is 4. The molecule has 5 heteroatoms. The van der Waals surface area contributed by atoms with Crippen LogP contribution in [-0.4, -0.2) is 39.5 Å². The number of methoxy groups -OCH3 is 2. The fourth-order valence-corrected chi connectivity index (χ4v) is 3.06. The first-order valence-corrected chi connectivity index (χ1v) is 7.76. The van der Waals surface area contributed by atoms with E-state index in [1.54, 1.807) is 14.2 Å². The van der Waals surface area contributed by atoms with E-state index in [1.807, 2.05) is 12.1 Å². The quantitative estimate of drug-likeness (QED) is 0.748. The highest BCUT2D eigenvalue weighted by Gasteiger charge is 2.25. The van der Waals surface area contributed by atoms with Crippen molar-refractivity contribution in [2.45, 2.75) is 31.6 Å². The van der Waals surface area contributed by atoms with Gasteiger partial charge in [0.1, 0.15) is 11.5 Å². The second-order valence-corrected chi connectivity index (χ2v) is 5.71. The first-order valence-electron chi connectivity index (χ1n) is 7.76. The molecule has 0 radical (unpaired) electrons. The molecule has 1 aliphatic carbocycles. The third-order valence-corrected chi connectivity index (χ3v) is 4.14. The lowest BCUT2D eigenvalue weighted by Crippen LogP contribution is -2.18. The van der Waals surface area contributed by atoms with Gasteiger partial charge in [-0.2, -0.15) is 0 Å². The normalized spacial score (nSPS) is 21.6. The van der Waals surface area contributed by atoms with E-state index < -0.39 is 0 Å². The molecule has 1 N–H and O–H groups in total. The van der Waals surface area contributed by atoms with E-state index in [-0.39, 0.29) is 20.2 Å². The van der Waals surface area contributed by atoms with Gasteiger partial charge >= 0.3 is 0 Å². The van der Waals surface area contributed by atoms with Gasteiger partial charge in [-0.15, -0.1) is 0 Å². The maximum Gasteiger partial charge on any atom is 0.188 e. The van der Waals surface area contributed by atoms with Gasteiger partial charge in [0.15, 0.2) is 13.6 Å². The van der Waals surface area contributed by atoms with Gasteiger partial charge in [0.2, 0.25) is 0 Å². The van der Waals surface area contributed by atoms with Crippen LogP contribution in [0.25, 0.3) is 0 Å². The van der Waals surface area contributed by atoms with Gasteiger partial charge in [-0.05, 0) is 42.7 Å². The van der Waals surface area contributed by atoms with Crippen LogP contribution in [0.3, 0.4) is 0 Å². The molecule has 0 bridgehead atoms.